The Morgan fingerprint density at radius 2 is 1.68 bits per heavy atom. The van der Waals surface area contributed by atoms with Gasteiger partial charge in [-0.2, -0.15) is 0 Å². The lowest BCUT2D eigenvalue weighted by molar-refractivity contribution is -0.113. The molecule has 1 atom stereocenters. The van der Waals surface area contributed by atoms with Crippen molar-refractivity contribution in [2.75, 3.05) is 12.4 Å². The van der Waals surface area contributed by atoms with Crippen LogP contribution in [-0.4, -0.2) is 17.6 Å². The van der Waals surface area contributed by atoms with Gasteiger partial charge in [-0.15, -0.1) is 0 Å². The fourth-order valence-electron chi connectivity index (χ4n) is 5.43. The van der Waals surface area contributed by atoms with Crippen LogP contribution in [0.5, 0.6) is 11.5 Å². The highest BCUT2D eigenvalue weighted by molar-refractivity contribution is 7.07. The van der Waals surface area contributed by atoms with Crippen molar-refractivity contribution in [2.24, 2.45) is 4.99 Å². The van der Waals surface area contributed by atoms with Crippen LogP contribution in [0.3, 0.4) is 0 Å². The van der Waals surface area contributed by atoms with Crippen molar-refractivity contribution in [3.05, 3.63) is 153 Å². The first kappa shape index (κ1) is 32.6. The Morgan fingerprint density at radius 1 is 0.979 bits per heavy atom. The number of aryl methyl sites for hydroxylation is 1. The number of benzene rings is 4. The average Bonchev–Trinajstić information content (AvgIpc) is 3.35. The summed E-state index contributed by atoms with van der Waals surface area (Å²) in [6, 6.07) is 25.0. The van der Waals surface area contributed by atoms with Gasteiger partial charge in [0.15, 0.2) is 10.6 Å². The maximum atomic E-state index is 14.1. The molecule has 0 saturated carbocycles. The van der Waals surface area contributed by atoms with E-state index in [0.717, 1.165) is 16.7 Å². The van der Waals surface area contributed by atoms with Gasteiger partial charge in [0.05, 0.1) is 39.0 Å². The number of halogens is 3. The molecule has 0 bridgehead atoms. The van der Waals surface area contributed by atoms with E-state index in [1.807, 2.05) is 73.7 Å². The average molecular weight is 705 g/mol. The molecule has 0 fully saturated rings. The van der Waals surface area contributed by atoms with E-state index in [9.17, 15) is 9.59 Å². The second kappa shape index (κ2) is 13.8. The number of thiazole rings is 1. The number of hydrogen-bond acceptors (Lipinski definition) is 6. The minimum atomic E-state index is -0.674. The van der Waals surface area contributed by atoms with E-state index in [2.05, 4.69) is 5.32 Å². The van der Waals surface area contributed by atoms with Crippen molar-refractivity contribution >= 4 is 63.8 Å². The van der Waals surface area contributed by atoms with Gasteiger partial charge in [-0.25, -0.2) is 4.99 Å². The first-order valence-electron chi connectivity index (χ1n) is 14.5. The van der Waals surface area contributed by atoms with Crippen LogP contribution in [0.25, 0.3) is 6.08 Å². The van der Waals surface area contributed by atoms with Gasteiger partial charge < -0.3 is 14.8 Å². The van der Waals surface area contributed by atoms with Gasteiger partial charge in [-0.1, -0.05) is 101 Å². The molecule has 0 saturated heterocycles. The van der Waals surface area contributed by atoms with E-state index in [1.165, 1.54) is 11.3 Å². The van der Waals surface area contributed by atoms with Crippen LogP contribution in [0.2, 0.25) is 15.1 Å². The second-order valence-electron chi connectivity index (χ2n) is 10.8. The summed E-state index contributed by atoms with van der Waals surface area (Å²) in [5.74, 6) is 0.579. The van der Waals surface area contributed by atoms with Crippen molar-refractivity contribution in [3.63, 3.8) is 0 Å². The third-order valence-electron chi connectivity index (χ3n) is 7.71. The summed E-state index contributed by atoms with van der Waals surface area (Å²) in [5, 5.41) is 4.01. The Hall–Kier alpha value is -4.34. The molecule has 11 heteroatoms. The lowest BCUT2D eigenvalue weighted by Crippen LogP contribution is -2.40. The van der Waals surface area contributed by atoms with E-state index in [-0.39, 0.29) is 28.1 Å². The van der Waals surface area contributed by atoms with E-state index in [1.54, 1.807) is 42.9 Å². The maximum absolute atomic E-state index is 14.1. The molecule has 1 aliphatic rings. The number of para-hydroxylation sites is 1. The largest absolute Gasteiger partial charge is 0.496 e. The molecule has 0 spiro atoms. The summed E-state index contributed by atoms with van der Waals surface area (Å²) in [5.41, 5.74) is 4.57. The molecular weight excluding hydrogens is 677 g/mol. The summed E-state index contributed by atoms with van der Waals surface area (Å²) in [7, 11) is 1.57. The summed E-state index contributed by atoms with van der Waals surface area (Å²) in [6.07, 6.45) is 1.80. The fraction of sp³-hybridized carbons (Fsp3) is 0.139. The maximum Gasteiger partial charge on any atom is 0.271 e. The van der Waals surface area contributed by atoms with Crippen LogP contribution < -0.4 is 29.7 Å². The topological polar surface area (TPSA) is 81.9 Å². The van der Waals surface area contributed by atoms with Crippen LogP contribution in [0.4, 0.5) is 5.69 Å². The van der Waals surface area contributed by atoms with Gasteiger partial charge in [-0.3, -0.25) is 14.2 Å². The molecule has 1 aliphatic heterocycles. The number of nitrogens with one attached hydrogen (secondary N) is 1. The Kier molecular flexibility index (Phi) is 9.57. The number of amides is 1. The summed E-state index contributed by atoms with van der Waals surface area (Å²) in [6.45, 7) is 3.83. The van der Waals surface area contributed by atoms with Crippen LogP contribution in [0.1, 0.15) is 35.2 Å². The van der Waals surface area contributed by atoms with Crippen LogP contribution in [0.15, 0.2) is 106 Å². The van der Waals surface area contributed by atoms with Gasteiger partial charge in [0.25, 0.3) is 11.5 Å². The molecule has 2 heterocycles. The number of ether oxygens (including phenoxy) is 2. The monoisotopic (exact) mass is 703 g/mol. The Labute approximate surface area is 290 Å². The molecule has 1 amide bonds. The number of carbonyl (C=O) groups excluding carboxylic acids is 1. The molecule has 1 aromatic heterocycles. The van der Waals surface area contributed by atoms with Crippen molar-refractivity contribution in [2.45, 2.75) is 26.5 Å². The van der Waals surface area contributed by atoms with E-state index in [0.29, 0.717) is 48.4 Å². The lowest BCUT2D eigenvalue weighted by Gasteiger charge is -2.25. The minimum absolute atomic E-state index is 0.0970. The summed E-state index contributed by atoms with van der Waals surface area (Å²) >= 11 is 19.9. The molecule has 0 radical (unpaired) electrons. The Morgan fingerprint density at radius 3 is 2.38 bits per heavy atom. The first-order valence-corrected chi connectivity index (χ1v) is 16.5. The van der Waals surface area contributed by atoms with Crippen molar-refractivity contribution < 1.29 is 14.3 Å². The molecule has 238 valence electrons. The molecular formula is C36H28Cl3N3O4S. The molecule has 0 unspecified atom stereocenters. The lowest BCUT2D eigenvalue weighted by atomic mass is 9.95. The third-order valence-corrected chi connectivity index (χ3v) is 9.47. The molecule has 47 heavy (non-hydrogen) atoms. The zero-order valence-corrected chi connectivity index (χ0v) is 28.6. The molecule has 7 nitrogen and oxygen atoms in total. The number of methoxy groups -OCH3 is 1. The van der Waals surface area contributed by atoms with Crippen LogP contribution >= 0.6 is 46.1 Å². The van der Waals surface area contributed by atoms with Gasteiger partial charge in [-0.05, 0) is 66.9 Å². The number of hydrogen-bond donors (Lipinski definition) is 1. The highest BCUT2D eigenvalue weighted by Gasteiger charge is 2.32. The second-order valence-corrected chi connectivity index (χ2v) is 13.1. The normalized spacial score (nSPS) is 14.4. The molecule has 1 N–H and O–H groups in total. The molecule has 0 aliphatic carbocycles. The predicted molar refractivity (Wildman–Crippen MR) is 189 cm³/mol. The highest BCUT2D eigenvalue weighted by Crippen LogP contribution is 2.37. The highest BCUT2D eigenvalue weighted by atomic mass is 35.5. The molecule has 4 aromatic carbocycles. The zero-order valence-electron chi connectivity index (χ0n) is 25.5. The standard InChI is InChI=1S/C36H28Cl3N3O4S/c1-20-9-7-8-12-28(20)41-34(43)31-21(2)40-36-42(32(31)23-10-5-4-6-11-23)35(44)30(47-36)16-22-13-14-29(45-3)24(15-22)19-46-33-26(38)17-25(37)18-27(33)39/h4-18,32H,19H2,1-3H3,(H,41,43)/b30-16+/t32-/m0/s1. The number of nitrogens with zero attached hydrogens (tertiary/aromatic N) is 2. The Bertz CT molecular complexity index is 2210. The van der Waals surface area contributed by atoms with Crippen molar-refractivity contribution in [1.82, 2.24) is 4.57 Å². The van der Waals surface area contributed by atoms with Crippen molar-refractivity contribution in [3.8, 4) is 11.5 Å². The van der Waals surface area contributed by atoms with E-state index < -0.39 is 6.04 Å². The quantitative estimate of drug-likeness (QED) is 0.179. The molecule has 5 aromatic rings. The van der Waals surface area contributed by atoms with Crippen molar-refractivity contribution in [1.29, 1.82) is 0 Å². The van der Waals surface area contributed by atoms with Crippen LogP contribution in [0, 0.1) is 6.92 Å². The number of fused-ring (bicyclic) bond motifs is 1. The third kappa shape index (κ3) is 6.73. The minimum Gasteiger partial charge on any atom is -0.496 e. The Balaban J connectivity index is 1.39. The van der Waals surface area contributed by atoms with E-state index >= 15 is 0 Å². The van der Waals surface area contributed by atoms with Gasteiger partial charge in [0, 0.05) is 16.3 Å². The smallest absolute Gasteiger partial charge is 0.271 e. The SMILES string of the molecule is COc1ccc(/C=c2/sc3n(c2=O)[C@@H](c2ccccc2)C(C(=O)Nc2ccccc2C)=C(C)N=3)cc1COc1c(Cl)cc(Cl)cc1Cl. The molecule has 6 rings (SSSR count). The number of carbonyl (C=O) groups is 1. The van der Waals surface area contributed by atoms with Gasteiger partial charge >= 0.3 is 0 Å². The van der Waals surface area contributed by atoms with Crippen LogP contribution in [-0.2, 0) is 11.4 Å². The number of rotatable bonds is 8. The zero-order chi connectivity index (χ0) is 33.2. The number of allylic oxidation sites excluding steroid dienone is 1. The fourth-order valence-corrected chi connectivity index (χ4v) is 7.41. The van der Waals surface area contributed by atoms with Gasteiger partial charge in [0.1, 0.15) is 12.4 Å². The predicted octanol–water partition coefficient (Wildman–Crippen LogP) is 7.73. The van der Waals surface area contributed by atoms with Gasteiger partial charge in [0.2, 0.25) is 0 Å². The summed E-state index contributed by atoms with van der Waals surface area (Å²) in [4.78, 5) is 33.3. The summed E-state index contributed by atoms with van der Waals surface area (Å²) < 4.78 is 13.6. The number of anilines is 1. The first-order chi connectivity index (χ1) is 22.6. The number of aromatic nitrogens is 1. The van der Waals surface area contributed by atoms with E-state index in [4.69, 9.17) is 49.3 Å².